The van der Waals surface area contributed by atoms with Crippen molar-refractivity contribution < 1.29 is 17.6 Å². The van der Waals surface area contributed by atoms with Crippen LogP contribution in [0, 0.1) is 12.7 Å². The maximum Gasteiger partial charge on any atom is 0.315 e. The lowest BCUT2D eigenvalue weighted by molar-refractivity contribution is 0.223. The van der Waals surface area contributed by atoms with Crippen molar-refractivity contribution in [2.75, 3.05) is 13.1 Å². The van der Waals surface area contributed by atoms with Gasteiger partial charge in [-0.1, -0.05) is 6.42 Å². The molecule has 2 rings (SSSR count). The van der Waals surface area contributed by atoms with Gasteiger partial charge in [0, 0.05) is 24.7 Å². The second kappa shape index (κ2) is 8.56. The molecule has 0 aromatic heterocycles. The van der Waals surface area contributed by atoms with Gasteiger partial charge in [-0.25, -0.2) is 17.6 Å². The molecule has 0 aliphatic carbocycles. The fraction of sp³-hybridized carbons (Fsp3) is 0.632. The van der Waals surface area contributed by atoms with E-state index < -0.39 is 15.8 Å². The van der Waals surface area contributed by atoms with E-state index in [0.717, 1.165) is 19.3 Å². The Kier molecular flexibility index (Phi) is 6.86. The van der Waals surface area contributed by atoms with Crippen molar-refractivity contribution in [3.8, 4) is 0 Å². The minimum absolute atomic E-state index is 0.147. The molecule has 1 aliphatic rings. The molecule has 27 heavy (non-hydrogen) atoms. The standard InChI is InChI=1S/C19H30FN3O3S/c1-14-13-15(20)8-9-17(14)27(25,26)23-12-6-5-7-16(23)10-11-21-18(24)22-19(2,3)4/h8-9,13,16H,5-7,10-12H2,1-4H3,(H2,21,22,24). The number of hydrogen-bond acceptors (Lipinski definition) is 3. The number of urea groups is 1. The Hall–Kier alpha value is -1.67. The third-order valence-corrected chi connectivity index (χ3v) is 6.66. The lowest BCUT2D eigenvalue weighted by atomic mass is 10.0. The zero-order chi connectivity index (χ0) is 20.2. The van der Waals surface area contributed by atoms with Crippen LogP contribution in [0.3, 0.4) is 0 Å². The molecular formula is C19H30FN3O3S. The molecule has 0 spiro atoms. The van der Waals surface area contributed by atoms with Gasteiger partial charge in [-0.05, 0) is 70.7 Å². The smallest absolute Gasteiger partial charge is 0.315 e. The number of carbonyl (C=O) groups is 1. The van der Waals surface area contributed by atoms with E-state index in [2.05, 4.69) is 10.6 Å². The number of nitrogens with one attached hydrogen (secondary N) is 2. The van der Waals surface area contributed by atoms with E-state index in [1.54, 1.807) is 6.92 Å². The highest BCUT2D eigenvalue weighted by atomic mass is 32.2. The van der Waals surface area contributed by atoms with Gasteiger partial charge < -0.3 is 10.6 Å². The second-order valence-electron chi connectivity index (χ2n) is 8.09. The number of sulfonamides is 1. The fourth-order valence-corrected chi connectivity index (χ4v) is 5.28. The highest BCUT2D eigenvalue weighted by molar-refractivity contribution is 7.89. The molecule has 0 radical (unpaired) electrons. The molecule has 8 heteroatoms. The summed E-state index contributed by atoms with van der Waals surface area (Å²) in [5.41, 5.74) is 0.0757. The summed E-state index contributed by atoms with van der Waals surface area (Å²) in [7, 11) is -3.70. The van der Waals surface area contributed by atoms with Gasteiger partial charge in [0.05, 0.1) is 4.90 Å². The molecule has 0 saturated carbocycles. The van der Waals surface area contributed by atoms with Gasteiger partial charge in [-0.15, -0.1) is 0 Å². The molecule has 1 unspecified atom stereocenters. The Morgan fingerprint density at radius 2 is 2.00 bits per heavy atom. The summed E-state index contributed by atoms with van der Waals surface area (Å²) in [6.45, 7) is 8.12. The van der Waals surface area contributed by atoms with Gasteiger partial charge in [0.2, 0.25) is 10.0 Å². The van der Waals surface area contributed by atoms with Crippen LogP contribution in [0.4, 0.5) is 9.18 Å². The highest BCUT2D eigenvalue weighted by Gasteiger charge is 2.34. The molecule has 1 saturated heterocycles. The van der Waals surface area contributed by atoms with Crippen LogP contribution in [-0.4, -0.2) is 43.4 Å². The quantitative estimate of drug-likeness (QED) is 0.798. The largest absolute Gasteiger partial charge is 0.338 e. The fourth-order valence-electron chi connectivity index (χ4n) is 3.34. The summed E-state index contributed by atoms with van der Waals surface area (Å²) in [5, 5.41) is 5.62. The summed E-state index contributed by atoms with van der Waals surface area (Å²) in [4.78, 5) is 12.0. The van der Waals surface area contributed by atoms with Gasteiger partial charge in [0.25, 0.3) is 0 Å². The minimum atomic E-state index is -3.70. The Morgan fingerprint density at radius 1 is 1.30 bits per heavy atom. The maximum atomic E-state index is 13.4. The zero-order valence-electron chi connectivity index (χ0n) is 16.5. The predicted octanol–water partition coefficient (Wildman–Crippen LogP) is 3.17. The lowest BCUT2D eigenvalue weighted by Gasteiger charge is -2.35. The van der Waals surface area contributed by atoms with Crippen molar-refractivity contribution in [1.82, 2.24) is 14.9 Å². The summed E-state index contributed by atoms with van der Waals surface area (Å²) >= 11 is 0. The molecule has 6 nitrogen and oxygen atoms in total. The second-order valence-corrected chi connectivity index (χ2v) is 9.95. The number of aryl methyl sites for hydroxylation is 1. The summed E-state index contributed by atoms with van der Waals surface area (Å²) < 4.78 is 41.1. The first-order valence-corrected chi connectivity index (χ1v) is 10.8. The van der Waals surface area contributed by atoms with E-state index in [-0.39, 0.29) is 22.5 Å². The molecular weight excluding hydrogens is 369 g/mol. The summed E-state index contributed by atoms with van der Waals surface area (Å²) in [6.07, 6.45) is 3.04. The number of carbonyl (C=O) groups excluding carboxylic acids is 1. The lowest BCUT2D eigenvalue weighted by Crippen LogP contribution is -2.48. The van der Waals surface area contributed by atoms with E-state index >= 15 is 0 Å². The number of hydrogen-bond donors (Lipinski definition) is 2. The number of piperidine rings is 1. The van der Waals surface area contributed by atoms with Gasteiger partial charge in [-0.2, -0.15) is 4.31 Å². The van der Waals surface area contributed by atoms with Crippen LogP contribution < -0.4 is 10.6 Å². The predicted molar refractivity (Wildman–Crippen MR) is 104 cm³/mol. The number of halogens is 1. The number of benzene rings is 1. The van der Waals surface area contributed by atoms with Crippen LogP contribution >= 0.6 is 0 Å². The third-order valence-electron chi connectivity index (χ3n) is 4.55. The summed E-state index contributed by atoms with van der Waals surface area (Å²) in [5.74, 6) is -0.448. The van der Waals surface area contributed by atoms with E-state index in [0.29, 0.717) is 25.1 Å². The van der Waals surface area contributed by atoms with Gasteiger partial charge in [0.1, 0.15) is 5.82 Å². The molecule has 1 atom stereocenters. The molecule has 1 aliphatic heterocycles. The van der Waals surface area contributed by atoms with E-state index in [1.165, 1.54) is 22.5 Å². The highest BCUT2D eigenvalue weighted by Crippen LogP contribution is 2.28. The summed E-state index contributed by atoms with van der Waals surface area (Å²) in [6, 6.07) is 3.31. The van der Waals surface area contributed by atoms with E-state index in [9.17, 15) is 17.6 Å². The molecule has 1 fully saturated rings. The Labute approximate surface area is 161 Å². The van der Waals surface area contributed by atoms with Crippen LogP contribution in [0.5, 0.6) is 0 Å². The molecule has 152 valence electrons. The number of amides is 2. The monoisotopic (exact) mass is 399 g/mol. The zero-order valence-corrected chi connectivity index (χ0v) is 17.3. The number of nitrogens with zero attached hydrogens (tertiary/aromatic N) is 1. The van der Waals surface area contributed by atoms with Crippen molar-refractivity contribution in [3.05, 3.63) is 29.6 Å². The maximum absolute atomic E-state index is 13.4. The van der Waals surface area contributed by atoms with Gasteiger partial charge >= 0.3 is 6.03 Å². The number of rotatable bonds is 5. The normalized spacial score (nSPS) is 18.9. The van der Waals surface area contributed by atoms with Crippen molar-refractivity contribution in [3.63, 3.8) is 0 Å². The van der Waals surface area contributed by atoms with Crippen molar-refractivity contribution in [2.45, 2.75) is 69.9 Å². The van der Waals surface area contributed by atoms with E-state index in [4.69, 9.17) is 0 Å². The molecule has 0 bridgehead atoms. The van der Waals surface area contributed by atoms with Crippen LogP contribution in [-0.2, 0) is 10.0 Å². The Balaban J connectivity index is 2.07. The molecule has 1 aromatic carbocycles. The first-order valence-electron chi connectivity index (χ1n) is 9.35. The van der Waals surface area contributed by atoms with Gasteiger partial charge in [-0.3, -0.25) is 0 Å². The SMILES string of the molecule is Cc1cc(F)ccc1S(=O)(=O)N1CCCCC1CCNC(=O)NC(C)(C)C. The van der Waals surface area contributed by atoms with Crippen molar-refractivity contribution in [1.29, 1.82) is 0 Å². The minimum Gasteiger partial charge on any atom is -0.338 e. The third kappa shape index (κ3) is 5.90. The average molecular weight is 400 g/mol. The van der Waals surface area contributed by atoms with E-state index in [1.807, 2.05) is 20.8 Å². The van der Waals surface area contributed by atoms with Crippen LogP contribution in [0.15, 0.2) is 23.1 Å². The first kappa shape index (κ1) is 21.6. The average Bonchev–Trinajstić information content (AvgIpc) is 2.53. The first-order chi connectivity index (χ1) is 12.5. The van der Waals surface area contributed by atoms with Crippen LogP contribution in [0.25, 0.3) is 0 Å². The topological polar surface area (TPSA) is 78.5 Å². The van der Waals surface area contributed by atoms with Crippen LogP contribution in [0.2, 0.25) is 0 Å². The van der Waals surface area contributed by atoms with Crippen molar-refractivity contribution in [2.24, 2.45) is 0 Å². The van der Waals surface area contributed by atoms with Crippen molar-refractivity contribution >= 4 is 16.1 Å². The Morgan fingerprint density at radius 3 is 2.63 bits per heavy atom. The van der Waals surface area contributed by atoms with Gasteiger partial charge in [0.15, 0.2) is 0 Å². The molecule has 1 aromatic rings. The Bertz CT molecular complexity index is 775. The molecule has 2 N–H and O–H groups in total. The molecule has 2 amide bonds. The van der Waals surface area contributed by atoms with Crippen LogP contribution in [0.1, 0.15) is 52.0 Å². The molecule has 1 heterocycles.